The maximum absolute atomic E-state index is 12.3. The van der Waals surface area contributed by atoms with Crippen LogP contribution in [0.25, 0.3) is 0 Å². The SMILES string of the molecule is N#CC(NC(=O)c1ccc2c(c1)OCO2)C1CCCCC1. The molecule has 1 unspecified atom stereocenters. The normalized spacial score (nSPS) is 18.8. The zero-order chi connectivity index (χ0) is 14.7. The summed E-state index contributed by atoms with van der Waals surface area (Å²) in [5, 5.41) is 12.2. The quantitative estimate of drug-likeness (QED) is 0.927. The summed E-state index contributed by atoms with van der Waals surface area (Å²) in [5.74, 6) is 1.26. The Morgan fingerprint density at radius 2 is 2.00 bits per heavy atom. The Balaban J connectivity index is 1.68. The van der Waals surface area contributed by atoms with Crippen LogP contribution in [0, 0.1) is 17.2 Å². The molecule has 21 heavy (non-hydrogen) atoms. The number of carbonyl (C=O) groups is 1. The second-order valence-electron chi connectivity index (χ2n) is 5.55. The van der Waals surface area contributed by atoms with Crippen molar-refractivity contribution in [2.24, 2.45) is 5.92 Å². The Morgan fingerprint density at radius 3 is 2.76 bits per heavy atom. The van der Waals surface area contributed by atoms with Gasteiger partial charge in [0.05, 0.1) is 6.07 Å². The fraction of sp³-hybridized carbons (Fsp3) is 0.500. The molecule has 1 atom stereocenters. The second kappa shape index (κ2) is 6.04. The van der Waals surface area contributed by atoms with E-state index in [0.717, 1.165) is 25.7 Å². The first kappa shape index (κ1) is 13.7. The fourth-order valence-corrected chi connectivity index (χ4v) is 2.99. The number of nitrogens with zero attached hydrogens (tertiary/aromatic N) is 1. The molecule has 0 aromatic heterocycles. The molecule has 110 valence electrons. The number of fused-ring (bicyclic) bond motifs is 1. The number of rotatable bonds is 3. The van der Waals surface area contributed by atoms with E-state index in [1.165, 1.54) is 6.42 Å². The Kier molecular flexibility index (Phi) is 3.96. The van der Waals surface area contributed by atoms with Crippen molar-refractivity contribution < 1.29 is 14.3 Å². The van der Waals surface area contributed by atoms with Crippen molar-refractivity contribution in [3.05, 3.63) is 23.8 Å². The number of ether oxygens (including phenoxy) is 2. The molecule has 1 aromatic rings. The molecule has 3 rings (SSSR count). The van der Waals surface area contributed by atoms with Crippen LogP contribution in [0.15, 0.2) is 18.2 Å². The highest BCUT2D eigenvalue weighted by Gasteiger charge is 2.26. The van der Waals surface area contributed by atoms with Gasteiger partial charge in [0, 0.05) is 5.56 Å². The summed E-state index contributed by atoms with van der Waals surface area (Å²) in [7, 11) is 0. The predicted octanol–water partition coefficient (Wildman–Crippen LogP) is 2.62. The third-order valence-electron chi connectivity index (χ3n) is 4.18. The van der Waals surface area contributed by atoms with E-state index in [1.54, 1.807) is 18.2 Å². The lowest BCUT2D eigenvalue weighted by molar-refractivity contribution is 0.0928. The number of nitriles is 1. The van der Waals surface area contributed by atoms with Crippen LogP contribution >= 0.6 is 0 Å². The lowest BCUT2D eigenvalue weighted by atomic mass is 9.84. The first-order valence-corrected chi connectivity index (χ1v) is 7.38. The minimum absolute atomic E-state index is 0.184. The van der Waals surface area contributed by atoms with E-state index in [0.29, 0.717) is 17.1 Å². The fourth-order valence-electron chi connectivity index (χ4n) is 2.99. The van der Waals surface area contributed by atoms with Gasteiger partial charge in [0.15, 0.2) is 11.5 Å². The van der Waals surface area contributed by atoms with Gasteiger partial charge >= 0.3 is 0 Å². The van der Waals surface area contributed by atoms with Crippen molar-refractivity contribution in [2.75, 3.05) is 6.79 Å². The van der Waals surface area contributed by atoms with Crippen LogP contribution in [0.2, 0.25) is 0 Å². The molecular formula is C16H18N2O3. The van der Waals surface area contributed by atoms with E-state index in [-0.39, 0.29) is 18.6 Å². The van der Waals surface area contributed by atoms with Crippen molar-refractivity contribution in [1.82, 2.24) is 5.32 Å². The van der Waals surface area contributed by atoms with Gasteiger partial charge in [0.25, 0.3) is 5.91 Å². The van der Waals surface area contributed by atoms with Crippen LogP contribution in [0.5, 0.6) is 11.5 Å². The molecule has 1 aromatic carbocycles. The van der Waals surface area contributed by atoms with E-state index in [9.17, 15) is 10.1 Å². The van der Waals surface area contributed by atoms with E-state index in [1.807, 2.05) is 0 Å². The first-order chi connectivity index (χ1) is 10.3. The highest BCUT2D eigenvalue weighted by Crippen LogP contribution is 2.32. The lowest BCUT2D eigenvalue weighted by Crippen LogP contribution is -2.40. The van der Waals surface area contributed by atoms with Crippen LogP contribution in [0.1, 0.15) is 42.5 Å². The number of benzene rings is 1. The molecule has 0 bridgehead atoms. The molecule has 2 aliphatic rings. The maximum Gasteiger partial charge on any atom is 0.252 e. The van der Waals surface area contributed by atoms with E-state index >= 15 is 0 Å². The maximum atomic E-state index is 12.3. The first-order valence-electron chi connectivity index (χ1n) is 7.38. The van der Waals surface area contributed by atoms with Gasteiger partial charge in [-0.05, 0) is 37.0 Å². The van der Waals surface area contributed by atoms with Crippen LogP contribution in [-0.4, -0.2) is 18.7 Å². The van der Waals surface area contributed by atoms with Crippen molar-refractivity contribution >= 4 is 5.91 Å². The Bertz CT molecular complexity index is 573. The average Bonchev–Trinajstić information content (AvgIpc) is 3.00. The Hall–Kier alpha value is -2.22. The third-order valence-corrected chi connectivity index (χ3v) is 4.18. The summed E-state index contributed by atoms with van der Waals surface area (Å²) in [6, 6.07) is 6.90. The molecule has 1 amide bonds. The Morgan fingerprint density at radius 1 is 1.24 bits per heavy atom. The van der Waals surface area contributed by atoms with Gasteiger partial charge in [0.2, 0.25) is 6.79 Å². The predicted molar refractivity (Wildman–Crippen MR) is 76.0 cm³/mol. The summed E-state index contributed by atoms with van der Waals surface area (Å²) >= 11 is 0. The van der Waals surface area contributed by atoms with E-state index in [2.05, 4.69) is 11.4 Å². The number of nitrogens with one attached hydrogen (secondary N) is 1. The zero-order valence-corrected chi connectivity index (χ0v) is 11.8. The summed E-state index contributed by atoms with van der Waals surface area (Å²) in [6.45, 7) is 0.184. The van der Waals surface area contributed by atoms with Gasteiger partial charge in [-0.15, -0.1) is 0 Å². The molecule has 1 heterocycles. The van der Waals surface area contributed by atoms with Crippen molar-refractivity contribution in [3.63, 3.8) is 0 Å². The van der Waals surface area contributed by atoms with Gasteiger partial charge < -0.3 is 14.8 Å². The van der Waals surface area contributed by atoms with Gasteiger partial charge in [0.1, 0.15) is 6.04 Å². The van der Waals surface area contributed by atoms with Crippen LogP contribution in [-0.2, 0) is 0 Å². The third kappa shape index (κ3) is 2.94. The molecular weight excluding hydrogens is 268 g/mol. The standard InChI is InChI=1S/C16H18N2O3/c17-9-13(11-4-2-1-3-5-11)18-16(19)12-6-7-14-15(8-12)21-10-20-14/h6-8,11,13H,1-5,10H2,(H,18,19). The van der Waals surface area contributed by atoms with E-state index < -0.39 is 6.04 Å². The summed E-state index contributed by atoms with van der Waals surface area (Å²) in [5.41, 5.74) is 0.496. The van der Waals surface area contributed by atoms with Gasteiger partial charge in [-0.3, -0.25) is 4.79 Å². The monoisotopic (exact) mass is 286 g/mol. The Labute approximate surface area is 123 Å². The van der Waals surface area contributed by atoms with Crippen LogP contribution in [0.3, 0.4) is 0 Å². The minimum Gasteiger partial charge on any atom is -0.454 e. The zero-order valence-electron chi connectivity index (χ0n) is 11.8. The molecule has 0 spiro atoms. The molecule has 1 aliphatic carbocycles. The molecule has 0 saturated heterocycles. The highest BCUT2D eigenvalue weighted by atomic mass is 16.7. The molecule has 5 nitrogen and oxygen atoms in total. The number of hydrogen-bond donors (Lipinski definition) is 1. The highest BCUT2D eigenvalue weighted by molar-refractivity contribution is 5.95. The number of hydrogen-bond acceptors (Lipinski definition) is 4. The molecule has 1 saturated carbocycles. The molecule has 1 fully saturated rings. The summed E-state index contributed by atoms with van der Waals surface area (Å²) in [6.07, 6.45) is 5.54. The van der Waals surface area contributed by atoms with Crippen LogP contribution < -0.4 is 14.8 Å². The van der Waals surface area contributed by atoms with E-state index in [4.69, 9.17) is 9.47 Å². The minimum atomic E-state index is -0.414. The number of amides is 1. The number of carbonyl (C=O) groups excluding carboxylic acids is 1. The topological polar surface area (TPSA) is 71.4 Å². The smallest absolute Gasteiger partial charge is 0.252 e. The molecule has 0 radical (unpaired) electrons. The summed E-state index contributed by atoms with van der Waals surface area (Å²) < 4.78 is 10.5. The van der Waals surface area contributed by atoms with Crippen molar-refractivity contribution in [3.8, 4) is 17.6 Å². The second-order valence-corrected chi connectivity index (χ2v) is 5.55. The van der Waals surface area contributed by atoms with Gasteiger partial charge in [-0.1, -0.05) is 19.3 Å². The van der Waals surface area contributed by atoms with Gasteiger partial charge in [-0.25, -0.2) is 0 Å². The largest absolute Gasteiger partial charge is 0.454 e. The van der Waals surface area contributed by atoms with Crippen molar-refractivity contribution in [2.45, 2.75) is 38.1 Å². The van der Waals surface area contributed by atoms with Crippen LogP contribution in [0.4, 0.5) is 0 Å². The summed E-state index contributed by atoms with van der Waals surface area (Å²) in [4.78, 5) is 12.3. The molecule has 1 N–H and O–H groups in total. The van der Waals surface area contributed by atoms with Gasteiger partial charge in [-0.2, -0.15) is 5.26 Å². The lowest BCUT2D eigenvalue weighted by Gasteiger charge is -2.26. The molecule has 1 aliphatic heterocycles. The molecule has 5 heteroatoms. The van der Waals surface area contributed by atoms with Crippen molar-refractivity contribution in [1.29, 1.82) is 5.26 Å². The average molecular weight is 286 g/mol.